The lowest BCUT2D eigenvalue weighted by Crippen LogP contribution is -2.41. The monoisotopic (exact) mass is 495 g/mol. The fraction of sp³-hybridized carbons (Fsp3) is 0.273. The number of nitrogens with one attached hydrogen (secondary N) is 1. The van der Waals surface area contributed by atoms with Gasteiger partial charge in [0.05, 0.1) is 5.69 Å². The van der Waals surface area contributed by atoms with Gasteiger partial charge in [-0.05, 0) is 62.2 Å². The molecule has 1 fully saturated rings. The van der Waals surface area contributed by atoms with Crippen LogP contribution in [0.1, 0.15) is 17.7 Å². The lowest BCUT2D eigenvalue weighted by Gasteiger charge is -2.30. The van der Waals surface area contributed by atoms with Crippen molar-refractivity contribution in [2.45, 2.75) is 24.7 Å². The molecule has 1 amide bonds. The highest BCUT2D eigenvalue weighted by molar-refractivity contribution is 7.89. The Kier molecular flexibility index (Phi) is 6.55. The van der Waals surface area contributed by atoms with E-state index in [9.17, 15) is 26.4 Å². The number of carbonyl (C=O) groups excluding carboxylic acids is 1. The number of sulfonamides is 1. The molecule has 3 aromatic rings. The Balaban J connectivity index is 1.40. The topological polar surface area (TPSA) is 79.4 Å². The van der Waals surface area contributed by atoms with Gasteiger partial charge in [-0.25, -0.2) is 26.6 Å². The summed E-state index contributed by atoms with van der Waals surface area (Å²) in [6, 6.07) is 8.19. The number of amides is 1. The molecule has 0 radical (unpaired) electrons. The summed E-state index contributed by atoms with van der Waals surface area (Å²) < 4.78 is 67.1. The highest BCUT2D eigenvalue weighted by atomic mass is 32.2. The molecule has 1 aromatic heterocycles. The lowest BCUT2D eigenvalue weighted by molar-refractivity contribution is -0.120. The van der Waals surface area contributed by atoms with Crippen molar-refractivity contribution < 1.29 is 26.4 Å². The van der Waals surface area contributed by atoms with Crippen LogP contribution in [0.25, 0.3) is 11.3 Å². The smallest absolute Gasteiger partial charge is 0.246 e. The number of thiazole rings is 1. The highest BCUT2D eigenvalue weighted by Gasteiger charge is 2.34. The Morgan fingerprint density at radius 1 is 1.06 bits per heavy atom. The summed E-state index contributed by atoms with van der Waals surface area (Å²) in [5.41, 5.74) is 1.38. The van der Waals surface area contributed by atoms with E-state index in [1.54, 1.807) is 12.1 Å². The maximum atomic E-state index is 14.0. The maximum Gasteiger partial charge on any atom is 0.246 e. The van der Waals surface area contributed by atoms with Crippen LogP contribution in [-0.2, 0) is 14.8 Å². The Morgan fingerprint density at radius 2 is 1.70 bits per heavy atom. The van der Waals surface area contributed by atoms with E-state index in [1.165, 1.54) is 23.5 Å². The molecule has 11 heteroatoms. The molecule has 174 valence electrons. The van der Waals surface area contributed by atoms with Crippen molar-refractivity contribution in [2.24, 2.45) is 5.92 Å². The molecule has 4 rings (SSSR count). The van der Waals surface area contributed by atoms with E-state index in [4.69, 9.17) is 0 Å². The van der Waals surface area contributed by atoms with E-state index in [-0.39, 0.29) is 37.7 Å². The number of halogens is 3. The summed E-state index contributed by atoms with van der Waals surface area (Å²) in [5.74, 6) is -2.96. The molecule has 1 saturated heterocycles. The average molecular weight is 496 g/mol. The molecular formula is C22H20F3N3O3S2. The molecular weight excluding hydrogens is 475 g/mol. The number of benzene rings is 2. The molecule has 0 saturated carbocycles. The van der Waals surface area contributed by atoms with Gasteiger partial charge in [-0.1, -0.05) is 0 Å². The molecule has 1 aliphatic rings. The van der Waals surface area contributed by atoms with E-state index < -0.39 is 32.5 Å². The summed E-state index contributed by atoms with van der Waals surface area (Å²) in [4.78, 5) is 17.3. The second kappa shape index (κ2) is 9.24. The lowest BCUT2D eigenvalue weighted by atomic mass is 9.97. The number of hydrogen-bond acceptors (Lipinski definition) is 5. The molecule has 0 unspecified atom stereocenters. The average Bonchev–Trinajstić information content (AvgIpc) is 3.15. The van der Waals surface area contributed by atoms with Crippen LogP contribution in [0.5, 0.6) is 0 Å². The first-order valence-corrected chi connectivity index (χ1v) is 12.4. The van der Waals surface area contributed by atoms with E-state index in [0.29, 0.717) is 16.9 Å². The number of aryl methyl sites for hydroxylation is 1. The third kappa shape index (κ3) is 4.94. The van der Waals surface area contributed by atoms with Crippen LogP contribution in [0.3, 0.4) is 0 Å². The van der Waals surface area contributed by atoms with Gasteiger partial charge >= 0.3 is 0 Å². The van der Waals surface area contributed by atoms with Gasteiger partial charge in [0.25, 0.3) is 0 Å². The minimum absolute atomic E-state index is 0.00804. The standard InChI is InChI=1S/C22H20F3N3O3S2/c1-13-20(14-2-4-16(23)5-3-14)26-22(32-13)27-21(29)15-8-10-28(11-9-15)33(30,31)19-12-17(24)6-7-18(19)25/h2-7,12,15H,8-11H2,1H3,(H,26,27,29). The Hall–Kier alpha value is -2.76. The molecule has 0 spiro atoms. The van der Waals surface area contributed by atoms with Crippen LogP contribution in [0.2, 0.25) is 0 Å². The van der Waals surface area contributed by atoms with Crippen molar-refractivity contribution in [2.75, 3.05) is 18.4 Å². The fourth-order valence-corrected chi connectivity index (χ4v) is 6.09. The number of rotatable bonds is 5. The van der Waals surface area contributed by atoms with Crippen LogP contribution < -0.4 is 5.32 Å². The Bertz CT molecular complexity index is 1290. The third-order valence-corrected chi connectivity index (χ3v) is 8.28. The van der Waals surface area contributed by atoms with E-state index in [2.05, 4.69) is 10.3 Å². The Labute approximate surface area is 193 Å². The molecule has 0 atom stereocenters. The minimum Gasteiger partial charge on any atom is -0.302 e. The van der Waals surface area contributed by atoms with Crippen molar-refractivity contribution >= 4 is 32.4 Å². The zero-order chi connectivity index (χ0) is 23.8. The molecule has 0 aliphatic carbocycles. The van der Waals surface area contributed by atoms with Gasteiger partial charge < -0.3 is 5.32 Å². The summed E-state index contributed by atoms with van der Waals surface area (Å²) >= 11 is 1.29. The van der Waals surface area contributed by atoms with Crippen molar-refractivity contribution in [3.05, 3.63) is 64.8 Å². The largest absolute Gasteiger partial charge is 0.302 e. The highest BCUT2D eigenvalue weighted by Crippen LogP contribution is 2.32. The first-order chi connectivity index (χ1) is 15.6. The van der Waals surface area contributed by atoms with Gasteiger partial charge in [0.2, 0.25) is 15.9 Å². The van der Waals surface area contributed by atoms with Crippen LogP contribution in [-0.4, -0.2) is 36.7 Å². The van der Waals surface area contributed by atoms with Gasteiger partial charge in [-0.3, -0.25) is 4.79 Å². The first-order valence-electron chi connectivity index (χ1n) is 10.1. The SMILES string of the molecule is Cc1sc(NC(=O)C2CCN(S(=O)(=O)c3cc(F)ccc3F)CC2)nc1-c1ccc(F)cc1. The molecule has 2 heterocycles. The van der Waals surface area contributed by atoms with Gasteiger partial charge in [-0.15, -0.1) is 11.3 Å². The molecule has 6 nitrogen and oxygen atoms in total. The van der Waals surface area contributed by atoms with E-state index >= 15 is 0 Å². The van der Waals surface area contributed by atoms with E-state index in [1.807, 2.05) is 6.92 Å². The quantitative estimate of drug-likeness (QED) is 0.562. The number of anilines is 1. The summed E-state index contributed by atoms with van der Waals surface area (Å²) in [6.45, 7) is 1.86. The van der Waals surface area contributed by atoms with Crippen LogP contribution >= 0.6 is 11.3 Å². The predicted octanol–water partition coefficient (Wildman–Crippen LogP) is 4.58. The molecule has 1 aliphatic heterocycles. The third-order valence-electron chi connectivity index (χ3n) is 5.48. The van der Waals surface area contributed by atoms with Gasteiger partial charge in [0.1, 0.15) is 22.3 Å². The number of nitrogens with zero attached hydrogens (tertiary/aromatic N) is 2. The van der Waals surface area contributed by atoms with Crippen LogP contribution in [0.4, 0.5) is 18.3 Å². The van der Waals surface area contributed by atoms with Gasteiger partial charge in [0, 0.05) is 29.4 Å². The fourth-order valence-electron chi connectivity index (χ4n) is 3.71. The van der Waals surface area contributed by atoms with Gasteiger partial charge in [0.15, 0.2) is 5.13 Å². The summed E-state index contributed by atoms with van der Waals surface area (Å²) in [6.07, 6.45) is 0.467. The predicted molar refractivity (Wildman–Crippen MR) is 119 cm³/mol. The first kappa shape index (κ1) is 23.4. The van der Waals surface area contributed by atoms with Crippen molar-refractivity contribution in [1.29, 1.82) is 0 Å². The van der Waals surface area contributed by atoms with Crippen molar-refractivity contribution in [3.63, 3.8) is 0 Å². The number of carbonyl (C=O) groups is 1. The van der Waals surface area contributed by atoms with Crippen molar-refractivity contribution in [3.8, 4) is 11.3 Å². The molecule has 0 bridgehead atoms. The second-order valence-corrected chi connectivity index (χ2v) is 10.8. The van der Waals surface area contributed by atoms with Gasteiger partial charge in [-0.2, -0.15) is 4.31 Å². The Morgan fingerprint density at radius 3 is 2.36 bits per heavy atom. The number of hydrogen-bond donors (Lipinski definition) is 1. The zero-order valence-electron chi connectivity index (χ0n) is 17.5. The van der Waals surface area contributed by atoms with Crippen molar-refractivity contribution in [1.82, 2.24) is 9.29 Å². The number of piperidine rings is 1. The summed E-state index contributed by atoms with van der Waals surface area (Å²) in [5, 5.41) is 3.17. The maximum absolute atomic E-state index is 14.0. The zero-order valence-corrected chi connectivity index (χ0v) is 19.1. The summed E-state index contributed by atoms with van der Waals surface area (Å²) in [7, 11) is -4.21. The normalized spacial score (nSPS) is 15.5. The molecule has 1 N–H and O–H groups in total. The minimum atomic E-state index is -4.21. The second-order valence-electron chi connectivity index (χ2n) is 7.67. The van der Waals surface area contributed by atoms with Crippen LogP contribution in [0, 0.1) is 30.3 Å². The molecule has 33 heavy (non-hydrogen) atoms. The van der Waals surface area contributed by atoms with Crippen LogP contribution in [0.15, 0.2) is 47.4 Å². The molecule has 2 aromatic carbocycles. The number of aromatic nitrogens is 1. The van der Waals surface area contributed by atoms with E-state index in [0.717, 1.165) is 26.9 Å².